The van der Waals surface area contributed by atoms with Crippen molar-refractivity contribution in [2.45, 2.75) is 89.8 Å². The number of rotatable bonds is 2. The second-order valence-electron chi connectivity index (χ2n) is 11.5. The predicted molar refractivity (Wildman–Crippen MR) is 97.8 cm³/mol. The lowest BCUT2D eigenvalue weighted by atomic mass is 9.42. The minimum Gasteiger partial charge on any atom is -0.390 e. The highest BCUT2D eigenvalue weighted by Gasteiger charge is 2.65. The Morgan fingerprint density at radius 1 is 1.15 bits per heavy atom. The first-order chi connectivity index (χ1) is 12.1. The molecule has 0 aromatic heterocycles. The number of aliphatic hydroxyl groups is 1. The lowest BCUT2D eigenvalue weighted by Gasteiger charge is -2.64. The molecule has 6 unspecified atom stereocenters. The highest BCUT2D eigenvalue weighted by molar-refractivity contribution is 5.82. The summed E-state index contributed by atoms with van der Waals surface area (Å²) in [6, 6.07) is 2.48. The van der Waals surface area contributed by atoms with Crippen LogP contribution in [0.4, 0.5) is 0 Å². The van der Waals surface area contributed by atoms with E-state index >= 15 is 0 Å². The van der Waals surface area contributed by atoms with Crippen molar-refractivity contribution in [1.29, 1.82) is 5.26 Å². The maximum atomic E-state index is 13.9. The summed E-state index contributed by atoms with van der Waals surface area (Å²) in [5.74, 6) is 1.86. The number of fused-ring (bicyclic) bond motifs is 1. The summed E-state index contributed by atoms with van der Waals surface area (Å²) in [5.41, 5.74) is -0.761. The zero-order valence-electron chi connectivity index (χ0n) is 16.4. The van der Waals surface area contributed by atoms with Gasteiger partial charge in [-0.3, -0.25) is 4.79 Å². The first-order valence-electron chi connectivity index (χ1n) is 10.6. The van der Waals surface area contributed by atoms with Crippen LogP contribution >= 0.6 is 0 Å². The molecule has 0 radical (unpaired) electrons. The van der Waals surface area contributed by atoms with Crippen LogP contribution in [0.1, 0.15) is 72.1 Å². The molecule has 5 aliphatic carbocycles. The third-order valence-corrected chi connectivity index (χ3v) is 8.31. The van der Waals surface area contributed by atoms with Gasteiger partial charge in [-0.2, -0.15) is 5.26 Å². The lowest BCUT2D eigenvalue weighted by Crippen LogP contribution is -2.62. The maximum absolute atomic E-state index is 13.9. The van der Waals surface area contributed by atoms with Gasteiger partial charge in [0.2, 0.25) is 5.91 Å². The topological polar surface area (TPSA) is 64.3 Å². The summed E-state index contributed by atoms with van der Waals surface area (Å²) in [4.78, 5) is 15.9. The van der Waals surface area contributed by atoms with Crippen LogP contribution in [-0.4, -0.2) is 33.6 Å². The summed E-state index contributed by atoms with van der Waals surface area (Å²) >= 11 is 0. The van der Waals surface area contributed by atoms with Crippen molar-refractivity contribution < 1.29 is 9.90 Å². The number of amides is 1. The highest BCUT2D eigenvalue weighted by Crippen LogP contribution is 2.67. The fraction of sp³-hybridized carbons (Fsp3) is 0.909. The Morgan fingerprint density at radius 3 is 2.35 bits per heavy atom. The predicted octanol–water partition coefficient (Wildman–Crippen LogP) is 3.49. The molecule has 26 heavy (non-hydrogen) atoms. The Kier molecular flexibility index (Phi) is 3.31. The van der Waals surface area contributed by atoms with Gasteiger partial charge in [0.05, 0.1) is 11.7 Å². The molecule has 6 rings (SSSR count). The van der Waals surface area contributed by atoms with E-state index in [1.165, 1.54) is 6.42 Å². The number of piperidine rings is 1. The molecule has 142 valence electrons. The number of nitrogens with zero attached hydrogens (tertiary/aromatic N) is 2. The molecule has 1 N–H and O–H groups in total. The van der Waals surface area contributed by atoms with E-state index in [4.69, 9.17) is 0 Å². The third kappa shape index (κ3) is 2.32. The fourth-order valence-electron chi connectivity index (χ4n) is 8.21. The summed E-state index contributed by atoms with van der Waals surface area (Å²) in [5, 5.41) is 20.8. The monoisotopic (exact) mass is 356 g/mol. The Balaban J connectivity index is 1.53. The van der Waals surface area contributed by atoms with Crippen LogP contribution in [0.5, 0.6) is 0 Å². The lowest BCUT2D eigenvalue weighted by molar-refractivity contribution is -0.199. The minimum atomic E-state index is -0.546. The first-order valence-corrected chi connectivity index (χ1v) is 10.6. The van der Waals surface area contributed by atoms with Gasteiger partial charge in [0.1, 0.15) is 6.04 Å². The molecule has 6 atom stereocenters. The molecule has 4 heteroatoms. The van der Waals surface area contributed by atoms with Crippen molar-refractivity contribution in [3.8, 4) is 6.07 Å². The van der Waals surface area contributed by atoms with E-state index in [0.29, 0.717) is 23.8 Å². The second-order valence-corrected chi connectivity index (χ2v) is 11.5. The molecule has 1 saturated heterocycles. The van der Waals surface area contributed by atoms with E-state index in [2.05, 4.69) is 26.8 Å². The number of hydrogen-bond donors (Lipinski definition) is 1. The van der Waals surface area contributed by atoms with Crippen LogP contribution in [0.3, 0.4) is 0 Å². The molecule has 6 fully saturated rings. The van der Waals surface area contributed by atoms with Gasteiger partial charge in [-0.05, 0) is 80.0 Å². The van der Waals surface area contributed by atoms with Gasteiger partial charge in [0, 0.05) is 12.0 Å². The molecule has 0 spiro atoms. The Hall–Kier alpha value is -1.08. The molecular weight excluding hydrogens is 324 g/mol. The Bertz CT molecular complexity index is 673. The normalized spacial score (nSPS) is 49.7. The SMILES string of the molecule is CC(C)(C)C(C(=O)N1C(C#N)CC2CC21)C12CC3CC(CC(O)(C3)C1)C2. The van der Waals surface area contributed by atoms with Crippen molar-refractivity contribution in [3.05, 3.63) is 0 Å². The van der Waals surface area contributed by atoms with Crippen LogP contribution in [0.15, 0.2) is 0 Å². The second kappa shape index (κ2) is 5.04. The van der Waals surface area contributed by atoms with E-state index in [1.54, 1.807) is 0 Å². The molecule has 5 saturated carbocycles. The Labute approximate surface area is 156 Å². The van der Waals surface area contributed by atoms with Crippen molar-refractivity contribution >= 4 is 5.91 Å². The number of carbonyl (C=O) groups is 1. The summed E-state index contributed by atoms with van der Waals surface area (Å²) in [6.07, 6.45) is 8.05. The number of likely N-dealkylation sites (tertiary alicyclic amines) is 1. The van der Waals surface area contributed by atoms with E-state index in [1.807, 2.05) is 4.90 Å². The van der Waals surface area contributed by atoms with Gasteiger partial charge in [0.15, 0.2) is 0 Å². The summed E-state index contributed by atoms with van der Waals surface area (Å²) in [6.45, 7) is 6.58. The number of nitriles is 1. The number of hydrogen-bond acceptors (Lipinski definition) is 3. The maximum Gasteiger partial charge on any atom is 0.228 e. The van der Waals surface area contributed by atoms with Gasteiger partial charge in [0.25, 0.3) is 0 Å². The van der Waals surface area contributed by atoms with Gasteiger partial charge in [-0.25, -0.2) is 0 Å². The highest BCUT2D eigenvalue weighted by atomic mass is 16.3. The number of carbonyl (C=O) groups excluding carboxylic acids is 1. The third-order valence-electron chi connectivity index (χ3n) is 8.31. The van der Waals surface area contributed by atoms with Gasteiger partial charge >= 0.3 is 0 Å². The minimum absolute atomic E-state index is 0.0683. The van der Waals surface area contributed by atoms with Gasteiger partial charge in [-0.1, -0.05) is 20.8 Å². The molecular formula is C22H32N2O2. The van der Waals surface area contributed by atoms with Gasteiger partial charge < -0.3 is 10.0 Å². The average Bonchev–Trinajstić information content (AvgIpc) is 3.12. The molecule has 0 aromatic rings. The van der Waals surface area contributed by atoms with E-state index < -0.39 is 5.60 Å². The molecule has 1 aliphatic heterocycles. The van der Waals surface area contributed by atoms with Crippen LogP contribution in [0, 0.1) is 45.8 Å². The smallest absolute Gasteiger partial charge is 0.228 e. The van der Waals surface area contributed by atoms with E-state index in [-0.39, 0.29) is 28.7 Å². The average molecular weight is 357 g/mol. The molecule has 0 aromatic carbocycles. The van der Waals surface area contributed by atoms with Crippen LogP contribution < -0.4 is 0 Å². The van der Waals surface area contributed by atoms with Gasteiger partial charge in [-0.15, -0.1) is 0 Å². The van der Waals surface area contributed by atoms with Crippen LogP contribution in [0.2, 0.25) is 0 Å². The molecule has 1 amide bonds. The summed E-state index contributed by atoms with van der Waals surface area (Å²) in [7, 11) is 0. The van der Waals surface area contributed by atoms with E-state index in [9.17, 15) is 15.2 Å². The van der Waals surface area contributed by atoms with Crippen LogP contribution in [-0.2, 0) is 4.79 Å². The van der Waals surface area contributed by atoms with Crippen molar-refractivity contribution in [2.24, 2.45) is 34.5 Å². The zero-order chi connectivity index (χ0) is 18.5. The molecule has 6 aliphatic rings. The van der Waals surface area contributed by atoms with Crippen molar-refractivity contribution in [2.75, 3.05) is 0 Å². The fourth-order valence-corrected chi connectivity index (χ4v) is 8.21. The van der Waals surface area contributed by atoms with Crippen LogP contribution in [0.25, 0.3) is 0 Å². The van der Waals surface area contributed by atoms with Crippen molar-refractivity contribution in [1.82, 2.24) is 4.90 Å². The molecule has 4 nitrogen and oxygen atoms in total. The molecule has 1 heterocycles. The van der Waals surface area contributed by atoms with Crippen molar-refractivity contribution in [3.63, 3.8) is 0 Å². The Morgan fingerprint density at radius 2 is 1.81 bits per heavy atom. The largest absolute Gasteiger partial charge is 0.390 e. The summed E-state index contributed by atoms with van der Waals surface area (Å²) < 4.78 is 0. The quantitative estimate of drug-likeness (QED) is 0.824. The standard InChI is InChI=1S/C22H32N2O2/c1-20(2,3)18(19(25)24-16(11-23)5-15-6-17(15)24)21-7-13-4-14(8-21)10-22(26,9-13)12-21/h13-18,26H,4-10,12H2,1-3H3. The first kappa shape index (κ1) is 17.0. The molecule has 4 bridgehead atoms. The van der Waals surface area contributed by atoms with E-state index in [0.717, 1.165) is 44.9 Å². The zero-order valence-corrected chi connectivity index (χ0v) is 16.4.